The number of halogens is 1. The van der Waals surface area contributed by atoms with Crippen molar-refractivity contribution in [2.24, 2.45) is 0 Å². The summed E-state index contributed by atoms with van der Waals surface area (Å²) in [5, 5.41) is 22.2. The zero-order valence-corrected chi connectivity index (χ0v) is 16.6. The highest BCUT2D eigenvalue weighted by Crippen LogP contribution is 2.26. The molecule has 0 aliphatic carbocycles. The Morgan fingerprint density at radius 1 is 1.28 bits per heavy atom. The maximum Gasteiger partial charge on any atom is 0.271 e. The molecule has 1 aromatic heterocycles. The van der Waals surface area contributed by atoms with Gasteiger partial charge >= 0.3 is 0 Å². The van der Waals surface area contributed by atoms with Crippen molar-refractivity contribution in [3.8, 4) is 11.4 Å². The van der Waals surface area contributed by atoms with Crippen LogP contribution in [-0.4, -0.2) is 31.3 Å². The second-order valence-corrected chi connectivity index (χ2v) is 7.07. The summed E-state index contributed by atoms with van der Waals surface area (Å²) >= 11 is 1.16. The molecule has 8 nitrogen and oxygen atoms in total. The molecule has 3 rings (SSSR count). The number of benzene rings is 2. The number of non-ortho nitro benzene ring substituents is 1. The molecule has 0 aliphatic rings. The van der Waals surface area contributed by atoms with Gasteiger partial charge in [0.25, 0.3) is 5.69 Å². The number of carbonyl (C=O) groups excluding carboxylic acids is 1. The highest BCUT2D eigenvalue weighted by Gasteiger charge is 2.17. The molecule has 0 bridgehead atoms. The number of rotatable bonds is 7. The molecule has 1 amide bonds. The van der Waals surface area contributed by atoms with E-state index in [9.17, 15) is 19.3 Å². The van der Waals surface area contributed by atoms with Crippen LogP contribution in [0.1, 0.15) is 12.5 Å². The third-order valence-corrected chi connectivity index (χ3v) is 5.15. The molecule has 0 aliphatic heterocycles. The van der Waals surface area contributed by atoms with Gasteiger partial charge in [-0.05, 0) is 31.5 Å². The second-order valence-electron chi connectivity index (χ2n) is 6.12. The molecule has 2 aromatic carbocycles. The lowest BCUT2D eigenvalue weighted by atomic mass is 10.2. The average Bonchev–Trinajstić information content (AvgIpc) is 3.11. The van der Waals surface area contributed by atoms with Crippen LogP contribution in [0.15, 0.2) is 47.6 Å². The Bertz CT molecular complexity index is 1070. The second kappa shape index (κ2) is 8.82. The predicted molar refractivity (Wildman–Crippen MR) is 108 cm³/mol. The Hall–Kier alpha value is -3.27. The van der Waals surface area contributed by atoms with Crippen molar-refractivity contribution in [3.63, 3.8) is 0 Å². The summed E-state index contributed by atoms with van der Waals surface area (Å²) in [6.45, 7) is 4.13. The molecule has 10 heteroatoms. The normalized spacial score (nSPS) is 10.7. The van der Waals surface area contributed by atoms with Crippen molar-refractivity contribution in [1.82, 2.24) is 14.8 Å². The number of nitro groups is 1. The maximum atomic E-state index is 14.1. The Morgan fingerprint density at radius 3 is 2.72 bits per heavy atom. The van der Waals surface area contributed by atoms with Crippen LogP contribution in [-0.2, 0) is 11.3 Å². The van der Waals surface area contributed by atoms with E-state index in [2.05, 4.69) is 15.5 Å². The lowest BCUT2D eigenvalue weighted by Gasteiger charge is -2.09. The maximum absolute atomic E-state index is 14.1. The van der Waals surface area contributed by atoms with Gasteiger partial charge in [-0.3, -0.25) is 14.9 Å². The van der Waals surface area contributed by atoms with Crippen LogP contribution in [0.2, 0.25) is 0 Å². The summed E-state index contributed by atoms with van der Waals surface area (Å²) in [5.74, 6) is -0.317. The summed E-state index contributed by atoms with van der Waals surface area (Å²) in [6, 6.07) is 10.6. The van der Waals surface area contributed by atoms with Gasteiger partial charge in [-0.1, -0.05) is 30.0 Å². The minimum atomic E-state index is -0.516. The molecule has 0 spiro atoms. The predicted octanol–water partition coefficient (Wildman–Crippen LogP) is 4.05. The average molecular weight is 415 g/mol. The van der Waals surface area contributed by atoms with Crippen molar-refractivity contribution in [2.45, 2.75) is 25.5 Å². The molecule has 150 valence electrons. The first-order valence-corrected chi connectivity index (χ1v) is 9.75. The van der Waals surface area contributed by atoms with Gasteiger partial charge in [-0.25, -0.2) is 4.39 Å². The number of nitro benzene ring substituents is 1. The van der Waals surface area contributed by atoms with Gasteiger partial charge in [0.1, 0.15) is 5.82 Å². The summed E-state index contributed by atoms with van der Waals surface area (Å²) in [6.07, 6.45) is 0. The van der Waals surface area contributed by atoms with Gasteiger partial charge in [-0.2, -0.15) is 0 Å². The molecule has 0 fully saturated rings. The number of carbonyl (C=O) groups is 1. The number of nitrogens with one attached hydrogen (secondary N) is 1. The van der Waals surface area contributed by atoms with Gasteiger partial charge < -0.3 is 9.88 Å². The van der Waals surface area contributed by atoms with Crippen LogP contribution in [0.5, 0.6) is 0 Å². The summed E-state index contributed by atoms with van der Waals surface area (Å²) < 4.78 is 15.8. The van der Waals surface area contributed by atoms with Gasteiger partial charge in [0.05, 0.1) is 21.9 Å². The lowest BCUT2D eigenvalue weighted by Crippen LogP contribution is -2.15. The molecule has 0 radical (unpaired) electrons. The quantitative estimate of drug-likeness (QED) is 0.355. The van der Waals surface area contributed by atoms with E-state index >= 15 is 0 Å². The number of amides is 1. The summed E-state index contributed by atoms with van der Waals surface area (Å²) in [5.41, 5.74) is 1.34. The Kier molecular flexibility index (Phi) is 6.23. The van der Waals surface area contributed by atoms with Crippen LogP contribution in [0.4, 0.5) is 15.8 Å². The van der Waals surface area contributed by atoms with E-state index in [1.54, 1.807) is 35.8 Å². The van der Waals surface area contributed by atoms with Crippen LogP contribution in [0.3, 0.4) is 0 Å². The van der Waals surface area contributed by atoms with Crippen molar-refractivity contribution < 1.29 is 14.1 Å². The molecule has 1 N–H and O–H groups in total. The highest BCUT2D eigenvalue weighted by atomic mass is 32.2. The number of anilines is 1. The number of aromatic nitrogens is 3. The molecule has 0 saturated heterocycles. The fraction of sp³-hybridized carbons (Fsp3) is 0.211. The van der Waals surface area contributed by atoms with E-state index in [-0.39, 0.29) is 17.3 Å². The number of nitrogens with zero attached hydrogens (tertiary/aromatic N) is 4. The largest absolute Gasteiger partial charge is 0.325 e. The van der Waals surface area contributed by atoms with E-state index in [0.29, 0.717) is 34.3 Å². The Labute approximate surface area is 170 Å². The first-order chi connectivity index (χ1) is 13.9. The number of hydrogen-bond donors (Lipinski definition) is 1. The Morgan fingerprint density at radius 2 is 2.03 bits per heavy atom. The van der Waals surface area contributed by atoms with E-state index in [1.807, 2.05) is 6.92 Å². The third-order valence-electron chi connectivity index (χ3n) is 4.19. The minimum Gasteiger partial charge on any atom is -0.325 e. The fourth-order valence-corrected chi connectivity index (χ4v) is 3.50. The fourth-order valence-electron chi connectivity index (χ4n) is 2.70. The molecule has 1 heterocycles. The van der Waals surface area contributed by atoms with Crippen LogP contribution in [0.25, 0.3) is 11.4 Å². The van der Waals surface area contributed by atoms with Crippen LogP contribution < -0.4 is 5.32 Å². The molecule has 29 heavy (non-hydrogen) atoms. The van der Waals surface area contributed by atoms with Crippen molar-refractivity contribution in [2.75, 3.05) is 11.1 Å². The molecule has 0 atom stereocenters. The molecular weight excluding hydrogens is 397 g/mol. The standard InChI is InChI=1S/C19H18FN5O3S/c1-3-24-18(14-6-4-5-7-15(14)20)22-23-19(24)29-11-17(26)21-16-10-13(25(27)28)9-8-12(16)2/h4-10H,3,11H2,1-2H3,(H,21,26). The van der Waals surface area contributed by atoms with E-state index in [4.69, 9.17) is 0 Å². The monoisotopic (exact) mass is 415 g/mol. The minimum absolute atomic E-state index is 0.0253. The van der Waals surface area contributed by atoms with E-state index in [1.165, 1.54) is 18.2 Å². The van der Waals surface area contributed by atoms with Gasteiger partial charge in [-0.15, -0.1) is 10.2 Å². The van der Waals surface area contributed by atoms with Gasteiger partial charge in [0.15, 0.2) is 11.0 Å². The lowest BCUT2D eigenvalue weighted by molar-refractivity contribution is -0.384. The summed E-state index contributed by atoms with van der Waals surface area (Å²) in [7, 11) is 0. The first kappa shape index (κ1) is 20.5. The van der Waals surface area contributed by atoms with Crippen molar-refractivity contribution in [3.05, 3.63) is 64.0 Å². The van der Waals surface area contributed by atoms with Crippen molar-refractivity contribution >= 4 is 29.0 Å². The molecular formula is C19H18FN5O3S. The van der Waals surface area contributed by atoms with E-state index < -0.39 is 10.7 Å². The zero-order valence-electron chi connectivity index (χ0n) is 15.8. The number of thioether (sulfide) groups is 1. The Balaban J connectivity index is 1.72. The SMILES string of the molecule is CCn1c(SCC(=O)Nc2cc([N+](=O)[O-])ccc2C)nnc1-c1ccccc1F. The molecule has 0 unspecified atom stereocenters. The van der Waals surface area contributed by atoms with Crippen molar-refractivity contribution in [1.29, 1.82) is 0 Å². The highest BCUT2D eigenvalue weighted by molar-refractivity contribution is 7.99. The van der Waals surface area contributed by atoms with E-state index in [0.717, 1.165) is 11.8 Å². The number of aryl methyl sites for hydroxylation is 1. The van der Waals surface area contributed by atoms with Gasteiger partial charge in [0.2, 0.25) is 5.91 Å². The first-order valence-electron chi connectivity index (χ1n) is 8.76. The zero-order chi connectivity index (χ0) is 21.0. The number of hydrogen-bond acceptors (Lipinski definition) is 6. The third kappa shape index (κ3) is 4.60. The smallest absolute Gasteiger partial charge is 0.271 e. The van der Waals surface area contributed by atoms with Crippen LogP contribution in [0, 0.1) is 22.9 Å². The topological polar surface area (TPSA) is 103 Å². The summed E-state index contributed by atoms with van der Waals surface area (Å²) in [4.78, 5) is 22.7. The van der Waals surface area contributed by atoms with Crippen LogP contribution >= 0.6 is 11.8 Å². The van der Waals surface area contributed by atoms with Gasteiger partial charge in [0, 0.05) is 18.7 Å². The molecule has 3 aromatic rings. The molecule has 0 saturated carbocycles.